The van der Waals surface area contributed by atoms with Gasteiger partial charge < -0.3 is 42.3 Å². The Labute approximate surface area is 96.6 Å². The first kappa shape index (κ1) is 23.2. The summed E-state index contributed by atoms with van der Waals surface area (Å²) in [7, 11) is 0. The minimum absolute atomic E-state index is 0. The molecule has 0 spiro atoms. The fourth-order valence-corrected chi connectivity index (χ4v) is 0. The van der Waals surface area contributed by atoms with Crippen molar-refractivity contribution < 1.29 is 49.7 Å². The van der Waals surface area contributed by atoms with Crippen LogP contribution in [0.2, 0.25) is 0 Å². The Balaban J connectivity index is -0.0000000150. The number of hydrogen-bond acceptors (Lipinski definition) is 0. The van der Waals surface area contributed by atoms with Crippen LogP contribution in [0.25, 0.3) is 0 Å². The van der Waals surface area contributed by atoms with Gasteiger partial charge in [-0.1, -0.05) is 0 Å². The molecule has 0 fully saturated rings. The van der Waals surface area contributed by atoms with Crippen LogP contribution in [0.1, 0.15) is 0 Å². The van der Waals surface area contributed by atoms with E-state index in [1.54, 1.807) is 0 Å². The smallest absolute Gasteiger partial charge is 1.00 e. The molecule has 0 saturated carbocycles. The van der Waals surface area contributed by atoms with Crippen LogP contribution in [-0.2, 0) is 32.7 Å². The molecule has 0 amide bonds. The predicted molar refractivity (Wildman–Crippen MR) is 23.5 cm³/mol. The second-order valence-corrected chi connectivity index (χ2v) is 0.385. The first-order chi connectivity index (χ1) is 1.91. The van der Waals surface area contributed by atoms with Crippen molar-refractivity contribution in [2.75, 3.05) is 0 Å². The van der Waals surface area contributed by atoms with Crippen LogP contribution in [0, 0.1) is 13.2 Å². The minimum Gasteiger partial charge on any atom is -1.00 e. The average molecular weight is 245 g/mol. The molecule has 1 radical (unpaired) electrons. The van der Waals surface area contributed by atoms with E-state index in [1.807, 2.05) is 0 Å². The van der Waals surface area contributed by atoms with E-state index in [-0.39, 0.29) is 72.7 Å². The van der Waals surface area contributed by atoms with Crippen LogP contribution in [0.15, 0.2) is 12.2 Å². The maximum atomic E-state index is 4.72. The Kier molecular flexibility index (Phi) is 82.5. The van der Waals surface area contributed by atoms with E-state index in [1.165, 1.54) is 12.2 Å². The number of rotatable bonds is 1. The van der Waals surface area contributed by atoms with E-state index in [0.29, 0.717) is 0 Å². The number of allylic oxidation sites excluding steroid dienone is 2. The zero-order valence-corrected chi connectivity index (χ0v) is 9.81. The molecule has 7 heavy (non-hydrogen) atoms. The summed E-state index contributed by atoms with van der Waals surface area (Å²) < 4.78 is 0. The topological polar surface area (TPSA) is 0 Å². The Morgan fingerprint density at radius 1 is 1.00 bits per heavy atom. The van der Waals surface area contributed by atoms with Gasteiger partial charge in [0.1, 0.15) is 0 Å². The van der Waals surface area contributed by atoms with Gasteiger partial charge in [0.15, 0.2) is 0 Å². The standard InChI is InChI=1S/C4H4.BrH.Mg.Y/c1-3-4-2;;;/h1-4H;1H;;/q-2;;+2;/p-1. The van der Waals surface area contributed by atoms with E-state index < -0.39 is 0 Å². The fraction of sp³-hybridized carbons (Fsp3) is 0. The molecular weight excluding hydrogens is 241 g/mol. The molecule has 0 N–H and O–H groups in total. The van der Waals surface area contributed by atoms with Gasteiger partial charge in [-0.3, -0.25) is 0 Å². The van der Waals surface area contributed by atoms with E-state index in [0.717, 1.165) is 0 Å². The summed E-state index contributed by atoms with van der Waals surface area (Å²) in [5.41, 5.74) is 0. The van der Waals surface area contributed by atoms with Gasteiger partial charge in [-0.15, -0.1) is 0 Å². The maximum absolute atomic E-state index is 4.72. The van der Waals surface area contributed by atoms with Gasteiger partial charge in [0.25, 0.3) is 0 Å². The van der Waals surface area contributed by atoms with Gasteiger partial charge in [0.2, 0.25) is 0 Å². The van der Waals surface area contributed by atoms with Crippen molar-refractivity contribution in [1.29, 1.82) is 0 Å². The molecule has 0 unspecified atom stereocenters. The van der Waals surface area contributed by atoms with Crippen molar-refractivity contribution in [2.45, 2.75) is 0 Å². The third kappa shape index (κ3) is 33.2. The van der Waals surface area contributed by atoms with E-state index in [9.17, 15) is 0 Å². The minimum atomic E-state index is 0. The zero-order chi connectivity index (χ0) is 3.41. The molecule has 0 atom stereocenters. The molecule has 3 heteroatoms. The first-order valence-corrected chi connectivity index (χ1v) is 1.00. The van der Waals surface area contributed by atoms with Crippen LogP contribution in [0.5, 0.6) is 0 Å². The van der Waals surface area contributed by atoms with Crippen molar-refractivity contribution in [3.63, 3.8) is 0 Å². The molecule has 0 aliphatic carbocycles. The van der Waals surface area contributed by atoms with Crippen LogP contribution in [0.4, 0.5) is 0 Å². The summed E-state index contributed by atoms with van der Waals surface area (Å²) in [6.07, 6.45) is 2.56. The molecule has 0 nitrogen and oxygen atoms in total. The third-order valence-electron chi connectivity index (χ3n) is 0.111. The SMILES string of the molecule is [Br-].[CH-]=CC=[CH-].[Mg+2].[Y]. The normalized spacial score (nSPS) is 2.86. The van der Waals surface area contributed by atoms with Gasteiger partial charge in [0, 0.05) is 32.7 Å². The van der Waals surface area contributed by atoms with Crippen molar-refractivity contribution in [2.24, 2.45) is 0 Å². The maximum Gasteiger partial charge on any atom is 2.00 e. The van der Waals surface area contributed by atoms with Gasteiger partial charge in [-0.05, 0) is 0 Å². The number of halogens is 1. The third-order valence-corrected chi connectivity index (χ3v) is 0.111. The first-order valence-electron chi connectivity index (χ1n) is 1.00. The summed E-state index contributed by atoms with van der Waals surface area (Å²) in [5.74, 6) is 0. The Bertz CT molecular complexity index is 32.7. The second kappa shape index (κ2) is 24.9. The molecule has 0 bridgehead atoms. The molecule has 0 aliphatic heterocycles. The van der Waals surface area contributed by atoms with Crippen LogP contribution < -0.4 is 17.0 Å². The molecule has 0 aromatic rings. The second-order valence-electron chi connectivity index (χ2n) is 0.385. The van der Waals surface area contributed by atoms with E-state index in [4.69, 9.17) is 13.2 Å². The van der Waals surface area contributed by atoms with Crippen LogP contribution >= 0.6 is 0 Å². The predicted octanol–water partition coefficient (Wildman–Crippen LogP) is -2.41. The Morgan fingerprint density at radius 3 is 1.14 bits per heavy atom. The van der Waals surface area contributed by atoms with Gasteiger partial charge in [-0.25, -0.2) is 0 Å². The summed E-state index contributed by atoms with van der Waals surface area (Å²) in [6.45, 7) is 9.44. The van der Waals surface area contributed by atoms with Gasteiger partial charge in [0.05, 0.1) is 0 Å². The summed E-state index contributed by atoms with van der Waals surface area (Å²) in [4.78, 5) is 0. The van der Waals surface area contributed by atoms with Gasteiger partial charge in [-0.2, -0.15) is 0 Å². The monoisotopic (exact) mass is 244 g/mol. The van der Waals surface area contributed by atoms with Crippen LogP contribution in [0.3, 0.4) is 0 Å². The summed E-state index contributed by atoms with van der Waals surface area (Å²) in [6, 6.07) is 0. The summed E-state index contributed by atoms with van der Waals surface area (Å²) >= 11 is 0. The van der Waals surface area contributed by atoms with Crippen molar-refractivity contribution in [3.05, 3.63) is 25.3 Å². The summed E-state index contributed by atoms with van der Waals surface area (Å²) in [5, 5.41) is 0. The molecule has 0 aromatic carbocycles. The molecule has 0 aliphatic rings. The number of hydrogen-bond donors (Lipinski definition) is 0. The molecule has 33 valence electrons. The molecule has 0 heterocycles. The quantitative estimate of drug-likeness (QED) is 0.274. The fourth-order valence-electron chi connectivity index (χ4n) is 0. The van der Waals surface area contributed by atoms with E-state index in [2.05, 4.69) is 0 Å². The molecule has 0 aromatic heterocycles. The van der Waals surface area contributed by atoms with Gasteiger partial charge >= 0.3 is 23.1 Å². The molecular formula is C4H4BrMgY-. The van der Waals surface area contributed by atoms with Crippen molar-refractivity contribution >= 4 is 23.1 Å². The Morgan fingerprint density at radius 2 is 1.14 bits per heavy atom. The van der Waals surface area contributed by atoms with Crippen LogP contribution in [-0.4, -0.2) is 23.1 Å². The average Bonchev–Trinajstić information content (AvgIpc) is 1.37. The van der Waals surface area contributed by atoms with E-state index >= 15 is 0 Å². The Hall–Kier alpha value is 1.83. The zero-order valence-electron chi connectivity index (χ0n) is 3.97. The largest absolute Gasteiger partial charge is 2.00 e. The molecule has 0 saturated heterocycles. The molecule has 0 rings (SSSR count). The van der Waals surface area contributed by atoms with Crippen molar-refractivity contribution in [3.8, 4) is 0 Å². The van der Waals surface area contributed by atoms with Crippen molar-refractivity contribution in [1.82, 2.24) is 0 Å².